The Morgan fingerprint density at radius 2 is 1.89 bits per heavy atom. The molecule has 0 radical (unpaired) electrons. The molecule has 2 aromatic carbocycles. The maximum absolute atomic E-state index is 12.5. The van der Waals surface area contributed by atoms with Crippen molar-refractivity contribution in [3.05, 3.63) is 95.2 Å². The number of benzene rings is 2. The fourth-order valence-electron chi connectivity index (χ4n) is 2.92. The largest absolute Gasteiger partial charge is 0.451 e. The summed E-state index contributed by atoms with van der Waals surface area (Å²) in [5, 5.41) is 3.43. The predicted octanol–water partition coefficient (Wildman–Crippen LogP) is 5.41. The lowest BCUT2D eigenvalue weighted by Crippen LogP contribution is -2.10. The topological polar surface area (TPSA) is 60.1 Å². The lowest BCUT2D eigenvalue weighted by molar-refractivity contribution is 0.0997. The molecule has 0 unspecified atom stereocenters. The number of rotatable bonds is 5. The summed E-state index contributed by atoms with van der Waals surface area (Å²) in [6, 6.07) is 18.4. The Labute approximate surface area is 167 Å². The van der Waals surface area contributed by atoms with E-state index in [1.807, 2.05) is 55.6 Å². The van der Waals surface area contributed by atoms with Crippen molar-refractivity contribution in [3.8, 4) is 11.3 Å². The molecule has 1 amide bonds. The average molecular weight is 392 g/mol. The number of hydrogen-bond acceptors (Lipinski definition) is 3. The van der Waals surface area contributed by atoms with Gasteiger partial charge in [-0.05, 0) is 48.9 Å². The number of halogens is 1. The maximum atomic E-state index is 12.5. The molecule has 4 aromatic rings. The van der Waals surface area contributed by atoms with Crippen LogP contribution in [0.15, 0.2) is 77.5 Å². The minimum absolute atomic E-state index is 0.230. The second-order valence-corrected chi connectivity index (χ2v) is 6.80. The molecule has 0 atom stereocenters. The molecule has 2 heterocycles. The van der Waals surface area contributed by atoms with Crippen LogP contribution in [0, 0.1) is 6.92 Å². The van der Waals surface area contributed by atoms with Crippen molar-refractivity contribution in [3.63, 3.8) is 0 Å². The van der Waals surface area contributed by atoms with Gasteiger partial charge in [0.1, 0.15) is 11.6 Å². The summed E-state index contributed by atoms with van der Waals surface area (Å²) in [6.45, 7) is 2.70. The molecule has 140 valence electrons. The Bertz CT molecular complexity index is 1110. The van der Waals surface area contributed by atoms with Gasteiger partial charge in [-0.2, -0.15) is 0 Å². The molecule has 1 N–H and O–H groups in total. The van der Waals surface area contributed by atoms with Crippen LogP contribution >= 0.6 is 11.6 Å². The molecule has 2 aromatic heterocycles. The van der Waals surface area contributed by atoms with Gasteiger partial charge in [-0.25, -0.2) is 4.98 Å². The van der Waals surface area contributed by atoms with E-state index in [0.29, 0.717) is 16.5 Å². The van der Waals surface area contributed by atoms with E-state index in [1.54, 1.807) is 24.4 Å². The second-order valence-electron chi connectivity index (χ2n) is 6.40. The molecule has 5 nitrogen and oxygen atoms in total. The summed E-state index contributed by atoms with van der Waals surface area (Å²) < 4.78 is 7.75. The highest BCUT2D eigenvalue weighted by Gasteiger charge is 2.14. The fraction of sp³-hybridized carbons (Fsp3) is 0.0909. The molecule has 0 spiro atoms. The van der Waals surface area contributed by atoms with E-state index in [4.69, 9.17) is 16.0 Å². The molecule has 4 rings (SSSR count). The summed E-state index contributed by atoms with van der Waals surface area (Å²) in [5.41, 5.74) is 2.58. The van der Waals surface area contributed by atoms with E-state index in [1.165, 1.54) is 0 Å². The first kappa shape index (κ1) is 18.1. The van der Waals surface area contributed by atoms with E-state index in [0.717, 1.165) is 23.5 Å². The van der Waals surface area contributed by atoms with E-state index in [-0.39, 0.29) is 11.7 Å². The summed E-state index contributed by atoms with van der Waals surface area (Å²) in [7, 11) is 0. The number of carbonyl (C=O) groups excluding carboxylic acids is 1. The van der Waals surface area contributed by atoms with E-state index < -0.39 is 0 Å². The van der Waals surface area contributed by atoms with Crippen LogP contribution in [0.2, 0.25) is 5.02 Å². The Morgan fingerprint density at radius 1 is 1.11 bits per heavy atom. The van der Waals surface area contributed by atoms with Gasteiger partial charge in [0.2, 0.25) is 0 Å². The Balaban J connectivity index is 1.44. The van der Waals surface area contributed by atoms with Crippen molar-refractivity contribution >= 4 is 23.2 Å². The molecule has 0 fully saturated rings. The quantitative estimate of drug-likeness (QED) is 0.495. The molecule has 0 aliphatic carbocycles. The van der Waals surface area contributed by atoms with Crippen molar-refractivity contribution in [1.29, 1.82) is 0 Å². The number of furan rings is 1. The number of nitrogens with one attached hydrogen (secondary N) is 1. The smallest absolute Gasteiger partial charge is 0.291 e. The van der Waals surface area contributed by atoms with Crippen molar-refractivity contribution in [2.75, 3.05) is 5.32 Å². The van der Waals surface area contributed by atoms with Crippen LogP contribution < -0.4 is 5.32 Å². The van der Waals surface area contributed by atoms with E-state index in [2.05, 4.69) is 14.9 Å². The number of anilines is 1. The number of hydrogen-bond donors (Lipinski definition) is 1. The molecule has 0 saturated heterocycles. The van der Waals surface area contributed by atoms with Crippen LogP contribution in [-0.4, -0.2) is 15.5 Å². The van der Waals surface area contributed by atoms with Gasteiger partial charge in [-0.1, -0.05) is 35.9 Å². The number of imidazole rings is 1. The molecule has 0 bridgehead atoms. The Morgan fingerprint density at radius 3 is 2.61 bits per heavy atom. The molecule has 0 saturated carbocycles. The summed E-state index contributed by atoms with van der Waals surface area (Å²) in [4.78, 5) is 16.7. The first-order chi connectivity index (χ1) is 13.6. The Kier molecular flexibility index (Phi) is 5.00. The van der Waals surface area contributed by atoms with Crippen molar-refractivity contribution in [2.45, 2.75) is 13.5 Å². The van der Waals surface area contributed by atoms with Gasteiger partial charge in [0.25, 0.3) is 5.91 Å². The highest BCUT2D eigenvalue weighted by molar-refractivity contribution is 6.33. The second kappa shape index (κ2) is 7.74. The van der Waals surface area contributed by atoms with Crippen molar-refractivity contribution < 1.29 is 9.21 Å². The third-order valence-electron chi connectivity index (χ3n) is 4.46. The van der Waals surface area contributed by atoms with Crippen molar-refractivity contribution in [1.82, 2.24) is 9.55 Å². The van der Waals surface area contributed by atoms with Crippen LogP contribution in [-0.2, 0) is 6.54 Å². The summed E-state index contributed by atoms with van der Waals surface area (Å²) in [6.07, 6.45) is 3.72. The van der Waals surface area contributed by atoms with Gasteiger partial charge in [-0.3, -0.25) is 4.79 Å². The molecule has 0 aliphatic rings. The zero-order chi connectivity index (χ0) is 19.5. The van der Waals surface area contributed by atoms with Gasteiger partial charge in [-0.15, -0.1) is 0 Å². The third kappa shape index (κ3) is 3.85. The molecule has 0 aliphatic heterocycles. The zero-order valence-corrected chi connectivity index (χ0v) is 16.0. The molecular formula is C22H18ClN3O2. The first-order valence-electron chi connectivity index (χ1n) is 8.83. The van der Waals surface area contributed by atoms with Gasteiger partial charge < -0.3 is 14.3 Å². The van der Waals surface area contributed by atoms with Crippen LogP contribution in [0.5, 0.6) is 0 Å². The van der Waals surface area contributed by atoms with E-state index >= 15 is 0 Å². The normalized spacial score (nSPS) is 10.8. The lowest BCUT2D eigenvalue weighted by Gasteiger charge is -2.07. The minimum atomic E-state index is -0.309. The number of aromatic nitrogens is 2. The third-order valence-corrected chi connectivity index (χ3v) is 4.79. The SMILES string of the molecule is Cc1nccn1Cc1ccc(NC(=O)c2ccc(-c3ccccc3Cl)o2)cc1. The van der Waals surface area contributed by atoms with Crippen molar-refractivity contribution in [2.24, 2.45) is 0 Å². The average Bonchev–Trinajstić information content (AvgIpc) is 3.33. The number of amides is 1. The zero-order valence-electron chi connectivity index (χ0n) is 15.2. The summed E-state index contributed by atoms with van der Waals surface area (Å²) >= 11 is 6.19. The molecule has 28 heavy (non-hydrogen) atoms. The van der Waals surface area contributed by atoms with Crippen LogP contribution in [0.1, 0.15) is 21.9 Å². The number of nitrogens with zero attached hydrogens (tertiary/aromatic N) is 2. The fourth-order valence-corrected chi connectivity index (χ4v) is 3.15. The maximum Gasteiger partial charge on any atom is 0.291 e. The highest BCUT2D eigenvalue weighted by Crippen LogP contribution is 2.29. The predicted molar refractivity (Wildman–Crippen MR) is 110 cm³/mol. The van der Waals surface area contributed by atoms with Gasteiger partial charge in [0.05, 0.1) is 5.02 Å². The van der Waals surface area contributed by atoms with Gasteiger partial charge >= 0.3 is 0 Å². The highest BCUT2D eigenvalue weighted by atomic mass is 35.5. The number of carbonyl (C=O) groups is 1. The van der Waals surface area contributed by atoms with Gasteiger partial charge in [0, 0.05) is 30.2 Å². The monoisotopic (exact) mass is 391 g/mol. The Hall–Kier alpha value is -3.31. The standard InChI is InChI=1S/C22H18ClN3O2/c1-15-24-12-13-26(15)14-16-6-8-17(9-7-16)25-22(27)21-11-10-20(28-21)18-4-2-3-5-19(18)23/h2-13H,14H2,1H3,(H,25,27). The van der Waals surface area contributed by atoms with Crippen LogP contribution in [0.4, 0.5) is 5.69 Å². The summed E-state index contributed by atoms with van der Waals surface area (Å²) in [5.74, 6) is 1.44. The van der Waals surface area contributed by atoms with Crippen LogP contribution in [0.25, 0.3) is 11.3 Å². The lowest BCUT2D eigenvalue weighted by atomic mass is 10.2. The van der Waals surface area contributed by atoms with E-state index in [9.17, 15) is 4.79 Å². The van der Waals surface area contributed by atoms with Crippen LogP contribution in [0.3, 0.4) is 0 Å². The number of aryl methyl sites for hydroxylation is 1. The first-order valence-corrected chi connectivity index (χ1v) is 9.21. The molecule has 6 heteroatoms. The van der Waals surface area contributed by atoms with Gasteiger partial charge in [0.15, 0.2) is 5.76 Å². The minimum Gasteiger partial charge on any atom is -0.451 e. The molecular weight excluding hydrogens is 374 g/mol.